The van der Waals surface area contributed by atoms with Crippen LogP contribution in [0.5, 0.6) is 5.75 Å². The SMILES string of the molecule is CCOCCOc1ccccc1NC(=O)CNC(CC)c1ccccc1. The molecule has 2 N–H and O–H groups in total. The van der Waals surface area contributed by atoms with E-state index in [1.807, 2.05) is 49.4 Å². The van der Waals surface area contributed by atoms with Gasteiger partial charge in [-0.05, 0) is 31.0 Å². The number of benzene rings is 2. The number of amides is 1. The summed E-state index contributed by atoms with van der Waals surface area (Å²) >= 11 is 0. The molecule has 2 rings (SSSR count). The molecule has 0 aliphatic heterocycles. The van der Waals surface area contributed by atoms with Crippen molar-refractivity contribution < 1.29 is 14.3 Å². The molecule has 0 saturated heterocycles. The molecule has 5 heteroatoms. The van der Waals surface area contributed by atoms with E-state index < -0.39 is 0 Å². The molecule has 0 aliphatic carbocycles. The Labute approximate surface area is 155 Å². The molecule has 1 atom stereocenters. The molecule has 0 heterocycles. The third-order valence-corrected chi connectivity index (χ3v) is 3.97. The molecule has 5 nitrogen and oxygen atoms in total. The fraction of sp³-hybridized carbons (Fsp3) is 0.381. The van der Waals surface area contributed by atoms with Crippen molar-refractivity contribution in [1.29, 1.82) is 0 Å². The Hall–Kier alpha value is -2.37. The minimum absolute atomic E-state index is 0.0970. The van der Waals surface area contributed by atoms with Crippen molar-refractivity contribution in [3.63, 3.8) is 0 Å². The average Bonchev–Trinajstić information content (AvgIpc) is 2.68. The van der Waals surface area contributed by atoms with Crippen LogP contribution in [0.15, 0.2) is 54.6 Å². The van der Waals surface area contributed by atoms with Gasteiger partial charge in [-0.3, -0.25) is 4.79 Å². The molecule has 26 heavy (non-hydrogen) atoms. The van der Waals surface area contributed by atoms with E-state index in [2.05, 4.69) is 29.7 Å². The number of rotatable bonds is 11. The molecule has 140 valence electrons. The third kappa shape index (κ3) is 6.50. The van der Waals surface area contributed by atoms with Crippen LogP contribution in [0.2, 0.25) is 0 Å². The molecule has 1 unspecified atom stereocenters. The fourth-order valence-electron chi connectivity index (χ4n) is 2.64. The largest absolute Gasteiger partial charge is 0.489 e. The average molecular weight is 356 g/mol. The van der Waals surface area contributed by atoms with Gasteiger partial charge in [0.2, 0.25) is 5.91 Å². The summed E-state index contributed by atoms with van der Waals surface area (Å²) in [4.78, 5) is 12.3. The number of hydrogen-bond acceptors (Lipinski definition) is 4. The van der Waals surface area contributed by atoms with Crippen LogP contribution in [0.4, 0.5) is 5.69 Å². The second kappa shape index (κ2) is 11.3. The monoisotopic (exact) mass is 356 g/mol. The quantitative estimate of drug-likeness (QED) is 0.602. The van der Waals surface area contributed by atoms with Crippen molar-refractivity contribution >= 4 is 11.6 Å². The maximum Gasteiger partial charge on any atom is 0.238 e. The summed E-state index contributed by atoms with van der Waals surface area (Å²) in [6, 6.07) is 17.7. The lowest BCUT2D eigenvalue weighted by atomic mass is 10.0. The summed E-state index contributed by atoms with van der Waals surface area (Å²) in [5.41, 5.74) is 1.85. The first-order chi connectivity index (χ1) is 12.7. The van der Waals surface area contributed by atoms with E-state index in [1.165, 1.54) is 5.56 Å². The normalized spacial score (nSPS) is 11.8. The van der Waals surface area contributed by atoms with E-state index in [0.29, 0.717) is 31.3 Å². The van der Waals surface area contributed by atoms with Gasteiger partial charge in [-0.2, -0.15) is 0 Å². The van der Waals surface area contributed by atoms with Crippen molar-refractivity contribution in [2.75, 3.05) is 31.7 Å². The molecule has 0 radical (unpaired) electrons. The van der Waals surface area contributed by atoms with Crippen molar-refractivity contribution in [3.05, 3.63) is 60.2 Å². The molecular formula is C21H28N2O3. The van der Waals surface area contributed by atoms with Gasteiger partial charge >= 0.3 is 0 Å². The van der Waals surface area contributed by atoms with Gasteiger partial charge in [-0.15, -0.1) is 0 Å². The second-order valence-electron chi connectivity index (χ2n) is 5.84. The molecule has 2 aromatic carbocycles. The van der Waals surface area contributed by atoms with Crippen molar-refractivity contribution in [2.45, 2.75) is 26.3 Å². The van der Waals surface area contributed by atoms with Crippen molar-refractivity contribution in [1.82, 2.24) is 5.32 Å². The van der Waals surface area contributed by atoms with E-state index in [9.17, 15) is 4.79 Å². The molecule has 0 aromatic heterocycles. The Balaban J connectivity index is 1.87. The number of nitrogens with one attached hydrogen (secondary N) is 2. The van der Waals surface area contributed by atoms with Gasteiger partial charge in [0, 0.05) is 12.6 Å². The maximum absolute atomic E-state index is 12.3. The second-order valence-corrected chi connectivity index (χ2v) is 5.84. The molecule has 0 aliphatic rings. The summed E-state index contributed by atoms with van der Waals surface area (Å²) in [6.07, 6.45) is 0.911. The summed E-state index contributed by atoms with van der Waals surface area (Å²) in [7, 11) is 0. The number of carbonyl (C=O) groups is 1. The highest BCUT2D eigenvalue weighted by atomic mass is 16.5. The predicted molar refractivity (Wildman–Crippen MR) is 105 cm³/mol. The van der Waals surface area contributed by atoms with Gasteiger partial charge in [-0.1, -0.05) is 49.4 Å². The third-order valence-electron chi connectivity index (χ3n) is 3.97. The topological polar surface area (TPSA) is 59.6 Å². The first kappa shape index (κ1) is 19.9. The van der Waals surface area contributed by atoms with E-state index >= 15 is 0 Å². The van der Waals surface area contributed by atoms with Gasteiger partial charge in [0.15, 0.2) is 0 Å². The molecule has 0 bridgehead atoms. The molecule has 0 saturated carbocycles. The van der Waals surface area contributed by atoms with Crippen molar-refractivity contribution in [3.8, 4) is 5.75 Å². The molecule has 1 amide bonds. The number of hydrogen-bond donors (Lipinski definition) is 2. The van der Waals surface area contributed by atoms with E-state index in [1.54, 1.807) is 0 Å². The van der Waals surface area contributed by atoms with Crippen LogP contribution in [0.25, 0.3) is 0 Å². The van der Waals surface area contributed by atoms with Crippen molar-refractivity contribution in [2.24, 2.45) is 0 Å². The van der Waals surface area contributed by atoms with Crippen LogP contribution in [0.1, 0.15) is 31.9 Å². The zero-order chi connectivity index (χ0) is 18.6. The van der Waals surface area contributed by atoms with Gasteiger partial charge < -0.3 is 20.1 Å². The molecule has 0 spiro atoms. The summed E-state index contributed by atoms with van der Waals surface area (Å²) in [5, 5.41) is 6.23. The van der Waals surface area contributed by atoms with Crippen LogP contribution in [0, 0.1) is 0 Å². The standard InChI is InChI=1S/C21H28N2O3/c1-3-18(17-10-6-5-7-11-17)22-16-21(24)23-19-12-8-9-13-20(19)26-15-14-25-4-2/h5-13,18,22H,3-4,14-16H2,1-2H3,(H,23,24). The van der Waals surface area contributed by atoms with Gasteiger partial charge in [0.05, 0.1) is 18.8 Å². The van der Waals surface area contributed by atoms with Crippen LogP contribution >= 0.6 is 0 Å². The fourth-order valence-corrected chi connectivity index (χ4v) is 2.64. The number of carbonyl (C=O) groups excluding carboxylic acids is 1. The highest BCUT2D eigenvalue weighted by molar-refractivity contribution is 5.93. The van der Waals surface area contributed by atoms with E-state index in [0.717, 1.165) is 6.42 Å². The Morgan fingerprint density at radius 3 is 2.46 bits per heavy atom. The van der Waals surface area contributed by atoms with Crippen LogP contribution in [-0.2, 0) is 9.53 Å². The van der Waals surface area contributed by atoms with Gasteiger partial charge in [0.1, 0.15) is 12.4 Å². The smallest absolute Gasteiger partial charge is 0.238 e. The zero-order valence-electron chi connectivity index (χ0n) is 15.5. The predicted octanol–water partition coefficient (Wildman–Crippen LogP) is 3.78. The van der Waals surface area contributed by atoms with E-state index in [4.69, 9.17) is 9.47 Å². The lowest BCUT2D eigenvalue weighted by Gasteiger charge is -2.18. The summed E-state index contributed by atoms with van der Waals surface area (Å²) < 4.78 is 11.0. The Morgan fingerprint density at radius 2 is 1.73 bits per heavy atom. The first-order valence-electron chi connectivity index (χ1n) is 9.12. The van der Waals surface area contributed by atoms with Crippen LogP contribution in [0.3, 0.4) is 0 Å². The number of anilines is 1. The van der Waals surface area contributed by atoms with E-state index in [-0.39, 0.29) is 18.5 Å². The Kier molecular flexibility index (Phi) is 8.66. The lowest BCUT2D eigenvalue weighted by Crippen LogP contribution is -2.31. The molecule has 2 aromatic rings. The highest BCUT2D eigenvalue weighted by Crippen LogP contribution is 2.23. The summed E-state index contributed by atoms with van der Waals surface area (Å²) in [6.45, 7) is 5.92. The van der Waals surface area contributed by atoms with Gasteiger partial charge in [0.25, 0.3) is 0 Å². The minimum atomic E-state index is -0.0970. The maximum atomic E-state index is 12.3. The highest BCUT2D eigenvalue weighted by Gasteiger charge is 2.12. The van der Waals surface area contributed by atoms with Crippen LogP contribution < -0.4 is 15.4 Å². The minimum Gasteiger partial charge on any atom is -0.489 e. The number of ether oxygens (including phenoxy) is 2. The Bertz CT molecular complexity index is 661. The summed E-state index contributed by atoms with van der Waals surface area (Å²) in [5.74, 6) is 0.552. The first-order valence-corrected chi connectivity index (χ1v) is 9.12. The Morgan fingerprint density at radius 1 is 1.00 bits per heavy atom. The molecular weight excluding hydrogens is 328 g/mol. The lowest BCUT2D eigenvalue weighted by molar-refractivity contribution is -0.115. The zero-order valence-corrected chi connectivity index (χ0v) is 15.5. The molecule has 0 fully saturated rings. The van der Waals surface area contributed by atoms with Gasteiger partial charge in [-0.25, -0.2) is 0 Å². The number of para-hydroxylation sites is 2. The van der Waals surface area contributed by atoms with Crippen LogP contribution in [-0.4, -0.2) is 32.3 Å².